The lowest BCUT2D eigenvalue weighted by Crippen LogP contribution is -2.39. The van der Waals surface area contributed by atoms with Gasteiger partial charge in [-0.25, -0.2) is 0 Å². The first-order valence-corrected chi connectivity index (χ1v) is 6.23. The van der Waals surface area contributed by atoms with Crippen LogP contribution in [0, 0.1) is 22.7 Å². The third-order valence-corrected chi connectivity index (χ3v) is 2.83. The van der Waals surface area contributed by atoms with Crippen molar-refractivity contribution in [1.82, 2.24) is 5.32 Å². The van der Waals surface area contributed by atoms with E-state index in [1.54, 1.807) is 6.92 Å². The molecule has 0 aromatic rings. The van der Waals surface area contributed by atoms with E-state index < -0.39 is 5.41 Å². The number of nitrogens with one attached hydrogen (secondary N) is 1. The number of amides is 1. The molecule has 1 N–H and O–H groups in total. The van der Waals surface area contributed by atoms with Gasteiger partial charge < -0.3 is 10.1 Å². The molecule has 0 fully saturated rings. The summed E-state index contributed by atoms with van der Waals surface area (Å²) in [7, 11) is 0. The monoisotopic (exact) mass is 240 g/mol. The number of carbonyl (C=O) groups excluding carboxylic acids is 1. The van der Waals surface area contributed by atoms with Crippen molar-refractivity contribution in [3.63, 3.8) is 0 Å². The number of nitrogens with zero attached hydrogens (tertiary/aromatic N) is 1. The highest BCUT2D eigenvalue weighted by molar-refractivity contribution is 5.84. The first kappa shape index (κ1) is 15.9. The molecule has 0 saturated heterocycles. The van der Waals surface area contributed by atoms with E-state index in [4.69, 9.17) is 10.00 Å². The fraction of sp³-hybridized carbons (Fsp3) is 0.846. The van der Waals surface area contributed by atoms with Crippen LogP contribution < -0.4 is 5.32 Å². The maximum atomic E-state index is 11.7. The van der Waals surface area contributed by atoms with E-state index in [9.17, 15) is 4.79 Å². The van der Waals surface area contributed by atoms with Crippen LogP contribution >= 0.6 is 0 Å². The maximum absolute atomic E-state index is 11.7. The van der Waals surface area contributed by atoms with Crippen LogP contribution in [-0.2, 0) is 9.53 Å². The second-order valence-corrected chi connectivity index (χ2v) is 4.85. The molecular formula is C13H24N2O2. The Morgan fingerprint density at radius 1 is 1.47 bits per heavy atom. The van der Waals surface area contributed by atoms with Gasteiger partial charge in [0, 0.05) is 13.2 Å². The molecule has 4 nitrogen and oxygen atoms in total. The zero-order valence-electron chi connectivity index (χ0n) is 11.4. The predicted molar refractivity (Wildman–Crippen MR) is 67.3 cm³/mol. The molecule has 1 unspecified atom stereocenters. The first-order valence-electron chi connectivity index (χ1n) is 6.23. The summed E-state index contributed by atoms with van der Waals surface area (Å²) < 4.78 is 5.38. The molecule has 0 spiro atoms. The van der Waals surface area contributed by atoms with Crippen molar-refractivity contribution in [2.45, 2.75) is 40.5 Å². The van der Waals surface area contributed by atoms with E-state index in [-0.39, 0.29) is 5.91 Å². The number of hydrogen-bond acceptors (Lipinski definition) is 3. The first-order chi connectivity index (χ1) is 7.96. The molecule has 98 valence electrons. The molecule has 0 radical (unpaired) electrons. The number of nitriles is 1. The molecule has 0 bridgehead atoms. The van der Waals surface area contributed by atoms with Crippen LogP contribution in [0.15, 0.2) is 0 Å². The van der Waals surface area contributed by atoms with E-state index in [2.05, 4.69) is 19.2 Å². The quantitative estimate of drug-likeness (QED) is 0.661. The molecule has 0 heterocycles. The lowest BCUT2D eigenvalue weighted by Gasteiger charge is -2.18. The highest BCUT2D eigenvalue weighted by Crippen LogP contribution is 2.19. The van der Waals surface area contributed by atoms with Crippen LogP contribution in [0.2, 0.25) is 0 Å². The average molecular weight is 240 g/mol. The van der Waals surface area contributed by atoms with Crippen LogP contribution in [0.3, 0.4) is 0 Å². The Balaban J connectivity index is 3.69. The van der Waals surface area contributed by atoms with Gasteiger partial charge in [0.2, 0.25) is 5.91 Å². The molecule has 0 rings (SSSR count). The van der Waals surface area contributed by atoms with Gasteiger partial charge in [-0.3, -0.25) is 4.79 Å². The topological polar surface area (TPSA) is 62.1 Å². The number of hydrogen-bond donors (Lipinski definition) is 1. The molecule has 0 aliphatic heterocycles. The van der Waals surface area contributed by atoms with E-state index >= 15 is 0 Å². The van der Waals surface area contributed by atoms with Gasteiger partial charge in [0.1, 0.15) is 5.41 Å². The molecule has 0 saturated carbocycles. The van der Waals surface area contributed by atoms with Crippen molar-refractivity contribution in [3.8, 4) is 6.07 Å². The molecule has 1 amide bonds. The Morgan fingerprint density at radius 2 is 2.12 bits per heavy atom. The van der Waals surface area contributed by atoms with Crippen LogP contribution in [0.1, 0.15) is 40.5 Å². The number of carbonyl (C=O) groups is 1. The molecule has 4 heteroatoms. The maximum Gasteiger partial charge on any atom is 0.240 e. The Bertz CT molecular complexity index is 271. The Kier molecular flexibility index (Phi) is 7.56. The summed E-state index contributed by atoms with van der Waals surface area (Å²) in [5.41, 5.74) is -0.919. The Labute approximate surface area is 104 Å². The van der Waals surface area contributed by atoms with Gasteiger partial charge in [-0.2, -0.15) is 5.26 Å². The van der Waals surface area contributed by atoms with Gasteiger partial charge in [0.25, 0.3) is 0 Å². The molecule has 0 aromatic carbocycles. The van der Waals surface area contributed by atoms with Gasteiger partial charge in [-0.15, -0.1) is 0 Å². The van der Waals surface area contributed by atoms with Crippen LogP contribution in [0.4, 0.5) is 0 Å². The van der Waals surface area contributed by atoms with Crippen LogP contribution in [0.25, 0.3) is 0 Å². The summed E-state index contributed by atoms with van der Waals surface area (Å²) in [6.07, 6.45) is 1.54. The minimum absolute atomic E-state index is 0.213. The SMILES string of the molecule is CCC(C)(C#N)C(=O)NCCOCCC(C)C. The van der Waals surface area contributed by atoms with Crippen molar-refractivity contribution >= 4 is 5.91 Å². The summed E-state index contributed by atoms with van der Waals surface area (Å²) >= 11 is 0. The molecule has 0 aromatic heterocycles. The highest BCUT2D eigenvalue weighted by Gasteiger charge is 2.30. The van der Waals surface area contributed by atoms with Gasteiger partial charge in [0.05, 0.1) is 12.7 Å². The Hall–Kier alpha value is -1.08. The summed E-state index contributed by atoms with van der Waals surface area (Å²) in [5, 5.41) is 11.6. The average Bonchev–Trinajstić information content (AvgIpc) is 2.31. The molecule has 0 aliphatic rings. The number of rotatable bonds is 8. The second-order valence-electron chi connectivity index (χ2n) is 4.85. The lowest BCUT2D eigenvalue weighted by atomic mass is 9.88. The van der Waals surface area contributed by atoms with Gasteiger partial charge in [-0.05, 0) is 25.7 Å². The predicted octanol–water partition coefficient (Wildman–Crippen LogP) is 2.11. The standard InChI is InChI=1S/C13H24N2O2/c1-5-13(4,10-14)12(16)15-7-9-17-8-6-11(2)3/h11H,5-9H2,1-4H3,(H,15,16). The summed E-state index contributed by atoms with van der Waals surface area (Å²) in [4.78, 5) is 11.7. The smallest absolute Gasteiger partial charge is 0.240 e. The van der Waals surface area contributed by atoms with Crippen molar-refractivity contribution in [2.24, 2.45) is 11.3 Å². The molecule has 1 atom stereocenters. The molecule has 0 aliphatic carbocycles. The Morgan fingerprint density at radius 3 is 2.59 bits per heavy atom. The lowest BCUT2D eigenvalue weighted by molar-refractivity contribution is -0.127. The zero-order chi connectivity index (χ0) is 13.3. The minimum atomic E-state index is -0.919. The van der Waals surface area contributed by atoms with Gasteiger partial charge in [-0.1, -0.05) is 20.8 Å². The van der Waals surface area contributed by atoms with E-state index in [0.29, 0.717) is 25.5 Å². The van der Waals surface area contributed by atoms with Gasteiger partial charge in [0.15, 0.2) is 0 Å². The highest BCUT2D eigenvalue weighted by atomic mass is 16.5. The van der Waals surface area contributed by atoms with Crippen LogP contribution in [0.5, 0.6) is 0 Å². The largest absolute Gasteiger partial charge is 0.380 e. The van der Waals surface area contributed by atoms with E-state index in [1.165, 1.54) is 0 Å². The number of ether oxygens (including phenoxy) is 1. The summed E-state index contributed by atoms with van der Waals surface area (Å²) in [5.74, 6) is 0.418. The van der Waals surface area contributed by atoms with E-state index in [1.807, 2.05) is 13.0 Å². The fourth-order valence-electron chi connectivity index (χ4n) is 1.14. The zero-order valence-corrected chi connectivity index (χ0v) is 11.4. The van der Waals surface area contributed by atoms with Crippen molar-refractivity contribution in [1.29, 1.82) is 5.26 Å². The second kappa shape index (κ2) is 8.08. The van der Waals surface area contributed by atoms with E-state index in [0.717, 1.165) is 13.0 Å². The van der Waals surface area contributed by atoms with Crippen LogP contribution in [-0.4, -0.2) is 25.7 Å². The summed E-state index contributed by atoms with van der Waals surface area (Å²) in [6.45, 7) is 9.47. The van der Waals surface area contributed by atoms with Crippen molar-refractivity contribution < 1.29 is 9.53 Å². The molecule has 17 heavy (non-hydrogen) atoms. The van der Waals surface area contributed by atoms with Crippen molar-refractivity contribution in [2.75, 3.05) is 19.8 Å². The molecular weight excluding hydrogens is 216 g/mol. The normalized spacial score (nSPS) is 14.1. The van der Waals surface area contributed by atoms with Gasteiger partial charge >= 0.3 is 0 Å². The third-order valence-electron chi connectivity index (χ3n) is 2.83. The summed E-state index contributed by atoms with van der Waals surface area (Å²) in [6, 6.07) is 2.04. The fourth-order valence-corrected chi connectivity index (χ4v) is 1.14. The minimum Gasteiger partial charge on any atom is -0.380 e. The third kappa shape index (κ3) is 6.28. The van der Waals surface area contributed by atoms with Crippen molar-refractivity contribution in [3.05, 3.63) is 0 Å².